The van der Waals surface area contributed by atoms with E-state index >= 15 is 0 Å². The fourth-order valence-corrected chi connectivity index (χ4v) is 2.34. The molecule has 0 aromatic heterocycles. The van der Waals surface area contributed by atoms with Crippen LogP contribution in [0.5, 0.6) is 0 Å². The van der Waals surface area contributed by atoms with Crippen LogP contribution in [-0.2, 0) is 8.54 Å². The van der Waals surface area contributed by atoms with E-state index in [-0.39, 0.29) is 6.54 Å². The molecule has 0 spiro atoms. The van der Waals surface area contributed by atoms with Gasteiger partial charge in [-0.15, -0.1) is 0 Å². The Labute approximate surface area is 53.4 Å². The van der Waals surface area contributed by atoms with Gasteiger partial charge in [0.05, 0.1) is 0 Å². The molecule has 0 aromatic rings. The molecule has 6 heteroatoms. The fraction of sp³-hybridized carbons (Fsp3) is 1.00. The zero-order valence-corrected chi connectivity index (χ0v) is 6.56. The summed E-state index contributed by atoms with van der Waals surface area (Å²) in [5.41, 5.74) is 4.95. The van der Waals surface area contributed by atoms with Crippen LogP contribution in [0, 0.1) is 0 Å². The molecular weight excluding hydrogens is 197 g/mol. The van der Waals surface area contributed by atoms with Crippen LogP contribution in [0.25, 0.3) is 0 Å². The zero-order chi connectivity index (χ0) is 6.62. The third-order valence-electron chi connectivity index (χ3n) is 0.346. The van der Waals surface area contributed by atoms with Crippen LogP contribution in [0.3, 0.4) is 0 Å². The van der Waals surface area contributed by atoms with Crippen molar-refractivity contribution < 1.29 is 13.0 Å². The summed E-state index contributed by atoms with van der Waals surface area (Å²) in [6.07, 6.45) is 0. The monoisotopic (exact) mass is 204 g/mol. The van der Waals surface area contributed by atoms with E-state index in [1.54, 1.807) is 0 Å². The Balaban J connectivity index is 3.42. The molecule has 0 unspecified atom stereocenters. The van der Waals surface area contributed by atoms with Crippen LogP contribution >= 0.6 is 0 Å². The summed E-state index contributed by atoms with van der Waals surface area (Å²) in [6, 6.07) is 0. The van der Waals surface area contributed by atoms with Crippen LogP contribution in [0.1, 0.15) is 0 Å². The van der Waals surface area contributed by atoms with Crippen molar-refractivity contribution in [2.24, 2.45) is 5.73 Å². The van der Waals surface area contributed by atoms with Gasteiger partial charge in [-0.25, -0.2) is 0 Å². The summed E-state index contributed by atoms with van der Waals surface area (Å²) in [6.45, 7) is 0.279. The molecule has 0 aliphatic heterocycles. The molecule has 2 N–H and O–H groups in total. The van der Waals surface area contributed by atoms with Crippen molar-refractivity contribution >= 4 is 22.4 Å². The third kappa shape index (κ3) is 6.39. The van der Waals surface area contributed by atoms with Gasteiger partial charge in [-0.2, -0.15) is 0 Å². The van der Waals surface area contributed by atoms with Gasteiger partial charge in [-0.05, 0) is 0 Å². The molecule has 0 aromatic carbocycles. The molecule has 0 radical (unpaired) electrons. The molecule has 0 fully saturated rings. The van der Waals surface area contributed by atoms with Crippen LogP contribution in [0.4, 0.5) is 0 Å². The van der Waals surface area contributed by atoms with Gasteiger partial charge < -0.3 is 0 Å². The molecule has 0 aliphatic carbocycles. The van der Waals surface area contributed by atoms with E-state index in [2.05, 4.69) is 0 Å². The van der Waals surface area contributed by atoms with Crippen LogP contribution in [0.15, 0.2) is 0 Å². The Kier molecular flexibility index (Phi) is 3.59. The second-order valence-electron chi connectivity index (χ2n) is 1.02. The van der Waals surface area contributed by atoms with Gasteiger partial charge in [0.25, 0.3) is 0 Å². The molecule has 0 atom stereocenters. The van der Waals surface area contributed by atoms with E-state index < -0.39 is 22.4 Å². The molecule has 0 saturated carbocycles. The van der Waals surface area contributed by atoms with Crippen molar-refractivity contribution in [3.63, 3.8) is 0 Å². The third-order valence-corrected chi connectivity index (χ3v) is 4.16. The van der Waals surface area contributed by atoms with Gasteiger partial charge in [-0.3, -0.25) is 0 Å². The maximum absolute atomic E-state index is 9.81. The number of hydrogen-bond acceptors (Lipinski definition) is 4. The topological polar surface area (TPSA) is 83.2 Å². The second kappa shape index (κ2) is 3.42. The summed E-state index contributed by atoms with van der Waals surface area (Å²) in [5.74, 6) is 0. The average Bonchev–Trinajstić information content (AvgIpc) is 1.59. The molecule has 0 rings (SSSR count). The summed E-state index contributed by atoms with van der Waals surface area (Å²) in [7, 11) is -3.95. The summed E-state index contributed by atoms with van der Waals surface area (Å²) < 4.78 is 29.4. The number of hydrogen-bond donors (Lipinski definition) is 1. The Morgan fingerprint density at radius 2 is 2.12 bits per heavy atom. The molecule has 4 nitrogen and oxygen atoms in total. The first-order valence-corrected chi connectivity index (χ1v) is 6.51. The Morgan fingerprint density at radius 3 is 2.25 bits per heavy atom. The first-order chi connectivity index (χ1) is 3.56. The Morgan fingerprint density at radius 1 is 1.62 bits per heavy atom. The van der Waals surface area contributed by atoms with E-state index in [0.29, 0.717) is 5.32 Å². The van der Waals surface area contributed by atoms with E-state index in [1.807, 2.05) is 0 Å². The van der Waals surface area contributed by atoms with E-state index in [1.165, 1.54) is 0 Å². The Bertz CT molecular complexity index is 141. The van der Waals surface area contributed by atoms with Gasteiger partial charge in [0.15, 0.2) is 0 Å². The van der Waals surface area contributed by atoms with E-state index in [0.717, 1.165) is 0 Å². The summed E-state index contributed by atoms with van der Waals surface area (Å²) in [4.78, 5) is 0. The van der Waals surface area contributed by atoms with Crippen LogP contribution in [0.2, 0.25) is 5.32 Å². The molecule has 50 valence electrons. The number of nitrogens with two attached hydrogens (primary N) is 1. The van der Waals surface area contributed by atoms with Crippen molar-refractivity contribution in [1.82, 2.24) is 0 Å². The van der Waals surface area contributed by atoms with Crippen molar-refractivity contribution in [2.45, 2.75) is 5.32 Å². The predicted octanol–water partition coefficient (Wildman–Crippen LogP) is -1.47. The normalized spacial score (nSPS) is 11.8. The predicted molar refractivity (Wildman–Crippen MR) is 29.3 cm³/mol. The number of rotatable bonds is 3. The van der Waals surface area contributed by atoms with Crippen molar-refractivity contribution in [2.75, 3.05) is 6.54 Å². The van der Waals surface area contributed by atoms with Gasteiger partial charge >= 0.3 is 52.9 Å². The van der Waals surface area contributed by atoms with Gasteiger partial charge in [0, 0.05) is 0 Å². The Hall–Kier alpha value is 0.389. The molecule has 8 heavy (non-hydrogen) atoms. The van der Waals surface area contributed by atoms with Crippen molar-refractivity contribution in [1.29, 1.82) is 0 Å². The molecule has 0 amide bonds. The van der Waals surface area contributed by atoms with Gasteiger partial charge in [0.2, 0.25) is 0 Å². The van der Waals surface area contributed by atoms with Crippen molar-refractivity contribution in [3.05, 3.63) is 0 Å². The van der Waals surface area contributed by atoms with Crippen LogP contribution in [-0.4, -0.2) is 33.4 Å². The van der Waals surface area contributed by atoms with Crippen LogP contribution < -0.4 is 5.73 Å². The standard InChI is InChI=1S/C2H7NO3SSe/c3-1-2-8-7(4,5)6/h1-3H2,(H,4,5,6)/p-1. The fourth-order valence-electron chi connectivity index (χ4n) is 0.150. The minimum absolute atomic E-state index is 0.279. The quantitative estimate of drug-likeness (QED) is 0.448. The first kappa shape index (κ1) is 8.39. The molecule has 0 heterocycles. The van der Waals surface area contributed by atoms with Gasteiger partial charge in [-0.1, -0.05) is 0 Å². The average molecular weight is 203 g/mol. The second-order valence-corrected chi connectivity index (χ2v) is 6.98. The zero-order valence-electron chi connectivity index (χ0n) is 4.03. The maximum atomic E-state index is 9.81. The first-order valence-electron chi connectivity index (χ1n) is 1.86. The summed E-state index contributed by atoms with van der Waals surface area (Å²) >= 11 is -0.845. The molecular formula is C2H6NO3SSe-. The van der Waals surface area contributed by atoms with E-state index in [4.69, 9.17) is 5.73 Å². The van der Waals surface area contributed by atoms with E-state index in [9.17, 15) is 13.0 Å². The SMILES string of the molecule is NCC[Se]S(=O)(=O)[O-]. The van der Waals surface area contributed by atoms with Gasteiger partial charge in [0.1, 0.15) is 0 Å². The molecule has 0 saturated heterocycles. The molecule has 0 bridgehead atoms. The molecule has 0 aliphatic rings. The summed E-state index contributed by atoms with van der Waals surface area (Å²) in [5, 5.41) is 0.318. The minimum atomic E-state index is -3.95. The van der Waals surface area contributed by atoms with Crippen molar-refractivity contribution in [3.8, 4) is 0 Å².